The van der Waals surface area contributed by atoms with Crippen molar-refractivity contribution >= 4 is 5.69 Å². The molecule has 1 aliphatic heterocycles. The maximum absolute atomic E-state index is 10.9. The van der Waals surface area contributed by atoms with Gasteiger partial charge in [-0.1, -0.05) is 26.0 Å². The Hall–Kier alpha value is -1.06. The number of hydrogen-bond acceptors (Lipinski definition) is 3. The number of hydrogen-bond donors (Lipinski definition) is 2. The predicted octanol–water partition coefficient (Wildman–Crippen LogP) is 3.46. The molecule has 3 nitrogen and oxygen atoms in total. The second-order valence-electron chi connectivity index (χ2n) is 7.71. The van der Waals surface area contributed by atoms with E-state index in [4.69, 9.17) is 0 Å². The van der Waals surface area contributed by atoms with E-state index in [0.717, 1.165) is 44.1 Å². The van der Waals surface area contributed by atoms with Crippen molar-refractivity contribution in [1.82, 2.24) is 4.90 Å². The monoisotopic (exact) mass is 302 g/mol. The van der Waals surface area contributed by atoms with E-state index in [1.54, 1.807) is 0 Å². The van der Waals surface area contributed by atoms with E-state index in [-0.39, 0.29) is 0 Å². The first-order chi connectivity index (χ1) is 10.5. The molecule has 1 unspecified atom stereocenters. The van der Waals surface area contributed by atoms with Gasteiger partial charge in [0.2, 0.25) is 0 Å². The molecule has 1 atom stereocenters. The number of nitrogens with zero attached hydrogens (tertiary/aromatic N) is 1. The SMILES string of the molecule is CC(C)CN1CCCC(O)(CNc2ccc(C3CC3)cc2)C1. The Morgan fingerprint density at radius 2 is 2.00 bits per heavy atom. The van der Waals surface area contributed by atoms with Gasteiger partial charge in [0.05, 0.1) is 5.60 Å². The van der Waals surface area contributed by atoms with Crippen LogP contribution in [0.1, 0.15) is 51.0 Å². The van der Waals surface area contributed by atoms with E-state index >= 15 is 0 Å². The molecule has 0 aromatic heterocycles. The van der Waals surface area contributed by atoms with Crippen LogP contribution >= 0.6 is 0 Å². The third-order valence-corrected chi connectivity index (χ3v) is 4.84. The molecule has 1 saturated heterocycles. The van der Waals surface area contributed by atoms with Gasteiger partial charge in [0.1, 0.15) is 0 Å². The van der Waals surface area contributed by atoms with Crippen LogP contribution in [0.3, 0.4) is 0 Å². The minimum Gasteiger partial charge on any atom is -0.387 e. The van der Waals surface area contributed by atoms with Crippen molar-refractivity contribution < 1.29 is 5.11 Å². The van der Waals surface area contributed by atoms with Crippen LogP contribution in [0.5, 0.6) is 0 Å². The minimum absolute atomic E-state index is 0.595. The van der Waals surface area contributed by atoms with E-state index in [9.17, 15) is 5.11 Å². The topological polar surface area (TPSA) is 35.5 Å². The predicted molar refractivity (Wildman–Crippen MR) is 92.4 cm³/mol. The summed E-state index contributed by atoms with van der Waals surface area (Å²) in [6, 6.07) is 8.78. The fraction of sp³-hybridized carbons (Fsp3) is 0.684. The van der Waals surface area contributed by atoms with Crippen LogP contribution in [-0.4, -0.2) is 41.8 Å². The van der Waals surface area contributed by atoms with E-state index in [0.29, 0.717) is 12.5 Å². The molecule has 1 aromatic carbocycles. The molecule has 22 heavy (non-hydrogen) atoms. The van der Waals surface area contributed by atoms with Crippen molar-refractivity contribution in [2.75, 3.05) is 31.5 Å². The number of nitrogens with one attached hydrogen (secondary N) is 1. The van der Waals surface area contributed by atoms with E-state index in [1.165, 1.54) is 18.4 Å². The summed E-state index contributed by atoms with van der Waals surface area (Å²) in [5, 5.41) is 14.3. The Morgan fingerprint density at radius 3 is 2.64 bits per heavy atom. The third kappa shape index (κ3) is 4.23. The molecule has 122 valence electrons. The first kappa shape index (κ1) is 15.8. The zero-order valence-electron chi connectivity index (χ0n) is 14.0. The van der Waals surface area contributed by atoms with Gasteiger partial charge in [0.25, 0.3) is 0 Å². The van der Waals surface area contributed by atoms with Crippen molar-refractivity contribution in [3.05, 3.63) is 29.8 Å². The summed E-state index contributed by atoms with van der Waals surface area (Å²) in [6.07, 6.45) is 4.68. The van der Waals surface area contributed by atoms with Crippen LogP contribution in [0.2, 0.25) is 0 Å². The zero-order valence-corrected chi connectivity index (χ0v) is 14.0. The highest BCUT2D eigenvalue weighted by atomic mass is 16.3. The quantitative estimate of drug-likeness (QED) is 0.845. The van der Waals surface area contributed by atoms with Crippen LogP contribution in [0.4, 0.5) is 5.69 Å². The van der Waals surface area contributed by atoms with E-state index < -0.39 is 5.60 Å². The van der Waals surface area contributed by atoms with E-state index in [1.807, 2.05) is 0 Å². The minimum atomic E-state index is -0.595. The summed E-state index contributed by atoms with van der Waals surface area (Å²) in [5.74, 6) is 1.46. The van der Waals surface area contributed by atoms with Crippen LogP contribution in [0, 0.1) is 5.92 Å². The Labute approximate surface area is 134 Å². The molecule has 2 N–H and O–H groups in total. The highest BCUT2D eigenvalue weighted by molar-refractivity contribution is 5.46. The lowest BCUT2D eigenvalue weighted by atomic mass is 9.92. The number of aliphatic hydroxyl groups is 1. The molecule has 0 radical (unpaired) electrons. The summed E-state index contributed by atoms with van der Waals surface area (Å²) in [4.78, 5) is 2.41. The molecule has 3 rings (SSSR count). The van der Waals surface area contributed by atoms with Gasteiger partial charge in [-0.05, 0) is 61.8 Å². The molecule has 1 aliphatic carbocycles. The highest BCUT2D eigenvalue weighted by Gasteiger charge is 2.33. The molecule has 1 aromatic rings. The van der Waals surface area contributed by atoms with Gasteiger partial charge in [-0.2, -0.15) is 0 Å². The average molecular weight is 302 g/mol. The largest absolute Gasteiger partial charge is 0.387 e. The normalized spacial score (nSPS) is 26.4. The maximum Gasteiger partial charge on any atom is 0.0945 e. The number of piperidine rings is 1. The van der Waals surface area contributed by atoms with Gasteiger partial charge in [-0.15, -0.1) is 0 Å². The smallest absolute Gasteiger partial charge is 0.0945 e. The second kappa shape index (κ2) is 6.59. The molecule has 1 saturated carbocycles. The van der Waals surface area contributed by atoms with Crippen molar-refractivity contribution in [1.29, 1.82) is 0 Å². The summed E-state index contributed by atoms with van der Waals surface area (Å²) in [5.41, 5.74) is 1.99. The highest BCUT2D eigenvalue weighted by Crippen LogP contribution is 2.40. The van der Waals surface area contributed by atoms with Gasteiger partial charge in [0.15, 0.2) is 0 Å². The number of benzene rings is 1. The van der Waals surface area contributed by atoms with Crippen LogP contribution < -0.4 is 5.32 Å². The number of anilines is 1. The lowest BCUT2D eigenvalue weighted by Gasteiger charge is -2.40. The first-order valence-corrected chi connectivity index (χ1v) is 8.83. The standard InChI is InChI=1S/C19H30N2O/c1-15(2)12-21-11-3-10-19(22,14-21)13-20-18-8-6-17(7-9-18)16-4-5-16/h6-9,15-16,20,22H,3-5,10-14H2,1-2H3. The fourth-order valence-electron chi connectivity index (χ4n) is 3.58. The number of rotatable bonds is 6. The van der Waals surface area contributed by atoms with Gasteiger partial charge in [0, 0.05) is 25.3 Å². The van der Waals surface area contributed by atoms with Crippen molar-refractivity contribution in [2.45, 2.75) is 51.0 Å². The molecular weight excluding hydrogens is 272 g/mol. The van der Waals surface area contributed by atoms with Crippen LogP contribution in [-0.2, 0) is 0 Å². The van der Waals surface area contributed by atoms with Crippen molar-refractivity contribution in [3.63, 3.8) is 0 Å². The number of likely N-dealkylation sites (tertiary alicyclic amines) is 1. The van der Waals surface area contributed by atoms with Crippen LogP contribution in [0.15, 0.2) is 24.3 Å². The molecule has 2 aliphatic rings. The second-order valence-corrected chi connectivity index (χ2v) is 7.71. The van der Waals surface area contributed by atoms with Gasteiger partial charge >= 0.3 is 0 Å². The molecule has 0 amide bonds. The zero-order chi connectivity index (χ0) is 15.6. The van der Waals surface area contributed by atoms with Crippen molar-refractivity contribution in [2.24, 2.45) is 5.92 Å². The molecule has 0 bridgehead atoms. The maximum atomic E-state index is 10.9. The summed E-state index contributed by atoms with van der Waals surface area (Å²) in [6.45, 7) is 8.12. The van der Waals surface area contributed by atoms with Gasteiger partial charge in [-0.3, -0.25) is 0 Å². The Morgan fingerprint density at radius 1 is 1.27 bits per heavy atom. The molecule has 1 heterocycles. The lowest BCUT2D eigenvalue weighted by molar-refractivity contribution is -0.0229. The van der Waals surface area contributed by atoms with Gasteiger partial charge in [-0.25, -0.2) is 0 Å². The molecule has 3 heteroatoms. The molecular formula is C19H30N2O. The van der Waals surface area contributed by atoms with Gasteiger partial charge < -0.3 is 15.3 Å². The Bertz CT molecular complexity index is 481. The summed E-state index contributed by atoms with van der Waals surface area (Å²) >= 11 is 0. The first-order valence-electron chi connectivity index (χ1n) is 8.83. The third-order valence-electron chi connectivity index (χ3n) is 4.84. The Kier molecular flexibility index (Phi) is 4.74. The number of β-amino-alcohol motifs (C(OH)–C–C–N with tert-alkyl or cyclic N) is 1. The van der Waals surface area contributed by atoms with E-state index in [2.05, 4.69) is 48.3 Å². The summed E-state index contributed by atoms with van der Waals surface area (Å²) < 4.78 is 0. The molecule has 2 fully saturated rings. The fourth-order valence-corrected chi connectivity index (χ4v) is 3.58. The summed E-state index contributed by atoms with van der Waals surface area (Å²) in [7, 11) is 0. The average Bonchev–Trinajstić information content (AvgIpc) is 3.30. The Balaban J connectivity index is 1.52. The molecule has 0 spiro atoms. The van der Waals surface area contributed by atoms with Crippen molar-refractivity contribution in [3.8, 4) is 0 Å². The van der Waals surface area contributed by atoms with Crippen LogP contribution in [0.25, 0.3) is 0 Å². The lowest BCUT2D eigenvalue weighted by Crippen LogP contribution is -2.52.